The lowest BCUT2D eigenvalue weighted by Gasteiger charge is -2.00. The molecule has 120 valence electrons. The SMILES string of the molecule is O=Cc1ccc(Sc2nnc(-c3ccc(Cl)cc3)o2)c([N+](=O)[O-])c1. The summed E-state index contributed by atoms with van der Waals surface area (Å²) in [5.41, 5.74) is 0.707. The zero-order valence-corrected chi connectivity index (χ0v) is 13.5. The van der Waals surface area contributed by atoms with Crippen LogP contribution < -0.4 is 0 Å². The summed E-state index contributed by atoms with van der Waals surface area (Å²) in [7, 11) is 0. The van der Waals surface area contributed by atoms with E-state index < -0.39 is 4.92 Å². The predicted octanol–water partition coefficient (Wildman–Crippen LogP) is 4.26. The highest BCUT2D eigenvalue weighted by Gasteiger charge is 2.19. The molecule has 0 aliphatic heterocycles. The van der Waals surface area contributed by atoms with E-state index in [1.165, 1.54) is 18.2 Å². The average molecular weight is 362 g/mol. The average Bonchev–Trinajstić information content (AvgIpc) is 3.04. The van der Waals surface area contributed by atoms with Crippen LogP contribution >= 0.6 is 23.4 Å². The Labute approximate surface area is 144 Å². The molecule has 0 aliphatic carbocycles. The van der Waals surface area contributed by atoms with Crippen LogP contribution in [0.4, 0.5) is 5.69 Å². The first kappa shape index (κ1) is 16.2. The summed E-state index contributed by atoms with van der Waals surface area (Å²) in [5, 5.41) is 19.7. The Hall–Kier alpha value is -2.71. The van der Waals surface area contributed by atoms with E-state index in [1.54, 1.807) is 24.3 Å². The second-order valence-corrected chi connectivity index (χ2v) is 6.01. The normalized spacial score (nSPS) is 10.5. The molecule has 1 heterocycles. The smallest absolute Gasteiger partial charge is 0.284 e. The van der Waals surface area contributed by atoms with Crippen LogP contribution in [0.25, 0.3) is 11.5 Å². The number of halogens is 1. The standard InChI is InChI=1S/C15H8ClN3O4S/c16-11-4-2-10(3-5-11)14-17-18-15(23-14)24-13-6-1-9(8-20)7-12(13)19(21)22/h1-8H. The maximum absolute atomic E-state index is 11.1. The minimum absolute atomic E-state index is 0.155. The van der Waals surface area contributed by atoms with Gasteiger partial charge < -0.3 is 4.42 Å². The van der Waals surface area contributed by atoms with Crippen molar-refractivity contribution in [1.29, 1.82) is 0 Å². The number of carbonyl (C=O) groups excluding carboxylic acids is 1. The van der Waals surface area contributed by atoms with Crippen molar-refractivity contribution in [3.63, 3.8) is 0 Å². The zero-order valence-electron chi connectivity index (χ0n) is 11.9. The van der Waals surface area contributed by atoms with Gasteiger partial charge in [0.25, 0.3) is 10.9 Å². The highest BCUT2D eigenvalue weighted by molar-refractivity contribution is 7.99. The molecular formula is C15H8ClN3O4S. The molecule has 0 saturated carbocycles. The first-order valence-corrected chi connectivity index (χ1v) is 7.77. The Balaban J connectivity index is 1.88. The van der Waals surface area contributed by atoms with Gasteiger partial charge in [0.1, 0.15) is 6.29 Å². The highest BCUT2D eigenvalue weighted by atomic mass is 35.5. The molecule has 0 amide bonds. The molecule has 0 aliphatic rings. The number of rotatable bonds is 5. The number of hydrogen-bond acceptors (Lipinski definition) is 7. The molecule has 0 spiro atoms. The van der Waals surface area contributed by atoms with E-state index in [0.29, 0.717) is 21.8 Å². The van der Waals surface area contributed by atoms with Crippen LogP contribution in [0.5, 0.6) is 0 Å². The van der Waals surface area contributed by atoms with E-state index in [1.807, 2.05) is 0 Å². The van der Waals surface area contributed by atoms with Crippen LogP contribution in [0, 0.1) is 10.1 Å². The number of nitrogens with zero attached hydrogens (tertiary/aromatic N) is 3. The molecule has 0 atom stereocenters. The maximum atomic E-state index is 11.1. The summed E-state index contributed by atoms with van der Waals surface area (Å²) >= 11 is 6.78. The van der Waals surface area contributed by atoms with Crippen molar-refractivity contribution in [1.82, 2.24) is 10.2 Å². The largest absolute Gasteiger partial charge is 0.411 e. The van der Waals surface area contributed by atoms with Crippen molar-refractivity contribution in [2.45, 2.75) is 10.1 Å². The number of nitro benzene ring substituents is 1. The van der Waals surface area contributed by atoms with Gasteiger partial charge in [0, 0.05) is 22.2 Å². The van der Waals surface area contributed by atoms with Gasteiger partial charge in [-0.2, -0.15) is 0 Å². The van der Waals surface area contributed by atoms with E-state index in [2.05, 4.69) is 10.2 Å². The number of aldehydes is 1. The van der Waals surface area contributed by atoms with Gasteiger partial charge in [-0.15, -0.1) is 10.2 Å². The van der Waals surface area contributed by atoms with Crippen LogP contribution in [0.2, 0.25) is 5.02 Å². The van der Waals surface area contributed by atoms with Gasteiger partial charge in [-0.1, -0.05) is 17.7 Å². The Morgan fingerprint density at radius 3 is 2.58 bits per heavy atom. The molecule has 7 nitrogen and oxygen atoms in total. The summed E-state index contributed by atoms with van der Waals surface area (Å²) in [6, 6.07) is 11.0. The number of hydrogen-bond donors (Lipinski definition) is 0. The van der Waals surface area contributed by atoms with Gasteiger partial charge >= 0.3 is 0 Å². The summed E-state index contributed by atoms with van der Waals surface area (Å²) in [5.74, 6) is 0.279. The van der Waals surface area contributed by atoms with E-state index in [4.69, 9.17) is 16.0 Å². The van der Waals surface area contributed by atoms with Gasteiger partial charge in [0.2, 0.25) is 5.89 Å². The predicted molar refractivity (Wildman–Crippen MR) is 87.4 cm³/mol. The molecule has 0 unspecified atom stereocenters. The van der Waals surface area contributed by atoms with Crippen molar-refractivity contribution < 1.29 is 14.1 Å². The molecule has 24 heavy (non-hydrogen) atoms. The summed E-state index contributed by atoms with van der Waals surface area (Å²) in [4.78, 5) is 21.6. The van der Waals surface area contributed by atoms with E-state index in [0.717, 1.165) is 11.8 Å². The fourth-order valence-corrected chi connectivity index (χ4v) is 2.78. The molecule has 3 aromatic rings. The van der Waals surface area contributed by atoms with Crippen LogP contribution in [-0.2, 0) is 0 Å². The van der Waals surface area contributed by atoms with Gasteiger partial charge in [-0.05, 0) is 42.1 Å². The van der Waals surface area contributed by atoms with Gasteiger partial charge in [0.05, 0.1) is 9.82 Å². The fourth-order valence-electron chi connectivity index (χ4n) is 1.89. The van der Waals surface area contributed by atoms with Crippen molar-refractivity contribution in [2.75, 3.05) is 0 Å². The van der Waals surface area contributed by atoms with E-state index >= 15 is 0 Å². The van der Waals surface area contributed by atoms with Crippen molar-refractivity contribution in [3.8, 4) is 11.5 Å². The van der Waals surface area contributed by atoms with E-state index in [9.17, 15) is 14.9 Å². The summed E-state index contributed by atoms with van der Waals surface area (Å²) in [6.45, 7) is 0. The lowest BCUT2D eigenvalue weighted by molar-refractivity contribution is -0.387. The Morgan fingerprint density at radius 2 is 1.92 bits per heavy atom. The van der Waals surface area contributed by atoms with Crippen LogP contribution in [0.3, 0.4) is 0 Å². The van der Waals surface area contributed by atoms with E-state index in [-0.39, 0.29) is 22.4 Å². The fraction of sp³-hybridized carbons (Fsp3) is 0. The maximum Gasteiger partial charge on any atom is 0.284 e. The molecule has 0 bridgehead atoms. The quantitative estimate of drug-likeness (QED) is 0.380. The molecule has 0 radical (unpaired) electrons. The van der Waals surface area contributed by atoms with Crippen LogP contribution in [0.1, 0.15) is 10.4 Å². The zero-order chi connectivity index (χ0) is 17.1. The lowest BCUT2D eigenvalue weighted by Crippen LogP contribution is -1.93. The summed E-state index contributed by atoms with van der Waals surface area (Å²) < 4.78 is 5.51. The van der Waals surface area contributed by atoms with Crippen molar-refractivity contribution in [2.24, 2.45) is 0 Å². The highest BCUT2D eigenvalue weighted by Crippen LogP contribution is 2.35. The second-order valence-electron chi connectivity index (χ2n) is 4.58. The molecule has 0 fully saturated rings. The number of carbonyl (C=O) groups is 1. The van der Waals surface area contributed by atoms with Gasteiger partial charge in [-0.3, -0.25) is 14.9 Å². The van der Waals surface area contributed by atoms with Crippen molar-refractivity contribution in [3.05, 3.63) is 63.2 Å². The van der Waals surface area contributed by atoms with Gasteiger partial charge in [-0.25, -0.2) is 0 Å². The third-order valence-electron chi connectivity index (χ3n) is 3.01. The molecule has 9 heteroatoms. The first-order valence-electron chi connectivity index (χ1n) is 6.58. The van der Waals surface area contributed by atoms with Gasteiger partial charge in [0.15, 0.2) is 0 Å². The molecule has 2 aromatic carbocycles. The third-order valence-corrected chi connectivity index (χ3v) is 4.17. The monoisotopic (exact) mass is 361 g/mol. The summed E-state index contributed by atoms with van der Waals surface area (Å²) in [6.07, 6.45) is 0.548. The van der Waals surface area contributed by atoms with Crippen LogP contribution in [-0.4, -0.2) is 21.4 Å². The Morgan fingerprint density at radius 1 is 1.17 bits per heavy atom. The number of nitro groups is 1. The third kappa shape index (κ3) is 3.44. The number of benzene rings is 2. The van der Waals surface area contributed by atoms with Crippen molar-refractivity contribution >= 4 is 35.3 Å². The Kier molecular flexibility index (Phi) is 4.59. The topological polar surface area (TPSA) is 99.1 Å². The minimum atomic E-state index is -0.564. The Bertz CT molecular complexity index is 911. The number of aromatic nitrogens is 2. The second kappa shape index (κ2) is 6.81. The minimum Gasteiger partial charge on any atom is -0.411 e. The first-order chi connectivity index (χ1) is 11.6. The molecular weight excluding hydrogens is 354 g/mol. The molecule has 0 N–H and O–H groups in total. The lowest BCUT2D eigenvalue weighted by atomic mass is 10.2. The molecule has 1 aromatic heterocycles. The molecule has 0 saturated heterocycles. The molecule has 3 rings (SSSR count). The van der Waals surface area contributed by atoms with Crippen LogP contribution in [0.15, 0.2) is 57.0 Å².